The third-order valence-electron chi connectivity index (χ3n) is 3.98. The van der Waals surface area contributed by atoms with Crippen LogP contribution in [0.5, 0.6) is 0 Å². The number of halogens is 3. The number of non-ortho nitro benzene ring substituents is 1. The lowest BCUT2D eigenvalue weighted by atomic mass is 10.1. The highest BCUT2D eigenvalue weighted by atomic mass is 19.4. The fourth-order valence-electron chi connectivity index (χ4n) is 2.65. The summed E-state index contributed by atoms with van der Waals surface area (Å²) in [6.07, 6.45) is -4.92. The van der Waals surface area contributed by atoms with Crippen molar-refractivity contribution in [3.63, 3.8) is 0 Å². The zero-order valence-corrected chi connectivity index (χ0v) is 14.6. The van der Waals surface area contributed by atoms with Gasteiger partial charge in [0.1, 0.15) is 0 Å². The van der Waals surface area contributed by atoms with Crippen LogP contribution >= 0.6 is 0 Å². The van der Waals surface area contributed by atoms with Gasteiger partial charge < -0.3 is 5.32 Å². The molecule has 28 heavy (non-hydrogen) atoms. The highest BCUT2D eigenvalue weighted by Gasteiger charge is 2.37. The second kappa shape index (κ2) is 6.87. The maximum atomic E-state index is 12.8. The van der Waals surface area contributed by atoms with Crippen LogP contribution in [-0.4, -0.2) is 30.4 Å². The number of nitro benzene ring substituents is 1. The van der Waals surface area contributed by atoms with E-state index < -0.39 is 22.8 Å². The van der Waals surface area contributed by atoms with Gasteiger partial charge in [0.05, 0.1) is 11.3 Å². The first-order valence-electron chi connectivity index (χ1n) is 7.90. The van der Waals surface area contributed by atoms with Crippen LogP contribution in [0.1, 0.15) is 22.8 Å². The number of alkyl halides is 3. The SMILES string of the molecule is Cc1nc2nc(C(F)(F)F)nn2c(C)c1CC(=O)Nc1cccc([N+](=O)[O-])c1. The zero-order chi connectivity index (χ0) is 20.6. The van der Waals surface area contributed by atoms with Crippen molar-refractivity contribution in [3.8, 4) is 0 Å². The van der Waals surface area contributed by atoms with E-state index in [1.54, 1.807) is 6.92 Å². The topological polar surface area (TPSA) is 115 Å². The lowest BCUT2D eigenvalue weighted by molar-refractivity contribution is -0.384. The molecule has 0 fully saturated rings. The Balaban J connectivity index is 1.88. The van der Waals surface area contributed by atoms with Crippen LogP contribution in [0.2, 0.25) is 0 Å². The number of hydrogen-bond acceptors (Lipinski definition) is 6. The number of aromatic nitrogens is 4. The molecule has 9 nitrogen and oxygen atoms in total. The Hall–Kier alpha value is -3.57. The normalized spacial score (nSPS) is 11.6. The number of nitrogens with zero attached hydrogens (tertiary/aromatic N) is 5. The van der Waals surface area contributed by atoms with Crippen molar-refractivity contribution in [1.82, 2.24) is 19.6 Å². The molecule has 2 heterocycles. The number of nitrogens with one attached hydrogen (secondary N) is 1. The van der Waals surface area contributed by atoms with Gasteiger partial charge in [-0.1, -0.05) is 6.07 Å². The molecule has 3 rings (SSSR count). The third kappa shape index (κ3) is 3.75. The van der Waals surface area contributed by atoms with Crippen LogP contribution in [0.3, 0.4) is 0 Å². The number of benzene rings is 1. The number of rotatable bonds is 4. The van der Waals surface area contributed by atoms with Gasteiger partial charge in [0.15, 0.2) is 0 Å². The smallest absolute Gasteiger partial charge is 0.326 e. The Morgan fingerprint density at radius 1 is 1.29 bits per heavy atom. The molecule has 1 amide bonds. The summed E-state index contributed by atoms with van der Waals surface area (Å²) in [6.45, 7) is 3.05. The van der Waals surface area contributed by atoms with Crippen LogP contribution < -0.4 is 5.32 Å². The van der Waals surface area contributed by atoms with Gasteiger partial charge >= 0.3 is 6.18 Å². The van der Waals surface area contributed by atoms with E-state index in [4.69, 9.17) is 0 Å². The van der Waals surface area contributed by atoms with Crippen LogP contribution in [0.25, 0.3) is 5.78 Å². The van der Waals surface area contributed by atoms with Crippen molar-refractivity contribution in [2.75, 3.05) is 5.32 Å². The lowest BCUT2D eigenvalue weighted by Crippen LogP contribution is -2.18. The maximum absolute atomic E-state index is 12.8. The number of anilines is 1. The molecule has 1 N–H and O–H groups in total. The highest BCUT2D eigenvalue weighted by Crippen LogP contribution is 2.27. The van der Waals surface area contributed by atoms with Gasteiger partial charge in [-0.15, -0.1) is 5.10 Å². The summed E-state index contributed by atoms with van der Waals surface area (Å²) in [5, 5.41) is 16.7. The van der Waals surface area contributed by atoms with Crippen LogP contribution in [0.15, 0.2) is 24.3 Å². The summed E-state index contributed by atoms with van der Waals surface area (Å²) < 4.78 is 39.4. The molecular weight excluding hydrogens is 381 g/mol. The van der Waals surface area contributed by atoms with Crippen LogP contribution in [0, 0.1) is 24.0 Å². The number of carbonyl (C=O) groups excluding carboxylic acids is 1. The molecule has 3 aromatic rings. The highest BCUT2D eigenvalue weighted by molar-refractivity contribution is 5.92. The average molecular weight is 394 g/mol. The van der Waals surface area contributed by atoms with Gasteiger partial charge in [-0.2, -0.15) is 18.2 Å². The van der Waals surface area contributed by atoms with E-state index in [0.717, 1.165) is 4.52 Å². The van der Waals surface area contributed by atoms with E-state index in [1.807, 2.05) is 0 Å². The molecule has 0 radical (unpaired) electrons. The Kier molecular flexibility index (Phi) is 4.71. The number of fused-ring (bicyclic) bond motifs is 1. The molecule has 0 unspecified atom stereocenters. The third-order valence-corrected chi connectivity index (χ3v) is 3.98. The van der Waals surface area contributed by atoms with E-state index in [2.05, 4.69) is 20.4 Å². The molecule has 0 saturated carbocycles. The second-order valence-electron chi connectivity index (χ2n) is 5.94. The van der Waals surface area contributed by atoms with Gasteiger partial charge in [-0.3, -0.25) is 14.9 Å². The summed E-state index contributed by atoms with van der Waals surface area (Å²) in [5.74, 6) is -2.05. The molecule has 146 valence electrons. The molecule has 2 aromatic heterocycles. The summed E-state index contributed by atoms with van der Waals surface area (Å²) in [5.41, 5.74) is 1.05. The molecular formula is C16H13F3N6O3. The Bertz CT molecular complexity index is 1090. The summed E-state index contributed by atoms with van der Waals surface area (Å²) >= 11 is 0. The van der Waals surface area contributed by atoms with Gasteiger partial charge in [0.2, 0.25) is 5.91 Å². The Morgan fingerprint density at radius 2 is 2.00 bits per heavy atom. The summed E-state index contributed by atoms with van der Waals surface area (Å²) in [6, 6.07) is 5.39. The number of nitro groups is 1. The molecule has 0 aliphatic heterocycles. The molecule has 0 spiro atoms. The predicted octanol–water partition coefficient (Wildman–Crippen LogP) is 2.85. The quantitative estimate of drug-likeness (QED) is 0.537. The minimum Gasteiger partial charge on any atom is -0.326 e. The standard InChI is InChI=1S/C16H13F3N6O3/c1-8-12(7-13(26)21-10-4-3-5-11(6-10)25(27)28)9(2)24-15(20-8)22-14(23-24)16(17,18)19/h3-6H,7H2,1-2H3,(H,21,26). The minimum atomic E-state index is -4.71. The first-order chi connectivity index (χ1) is 13.1. The molecule has 12 heteroatoms. The summed E-state index contributed by atoms with van der Waals surface area (Å²) in [7, 11) is 0. The molecule has 0 bridgehead atoms. The van der Waals surface area contributed by atoms with E-state index in [9.17, 15) is 28.1 Å². The Labute approximate surface area is 155 Å². The van der Waals surface area contributed by atoms with Crippen molar-refractivity contribution in [1.29, 1.82) is 0 Å². The van der Waals surface area contributed by atoms with E-state index >= 15 is 0 Å². The van der Waals surface area contributed by atoms with Gasteiger partial charge in [-0.05, 0) is 19.9 Å². The molecule has 0 saturated heterocycles. The molecule has 0 aliphatic rings. The zero-order valence-electron chi connectivity index (χ0n) is 14.6. The van der Waals surface area contributed by atoms with E-state index in [0.29, 0.717) is 17.0 Å². The van der Waals surface area contributed by atoms with Crippen LogP contribution in [0.4, 0.5) is 24.5 Å². The lowest BCUT2D eigenvalue weighted by Gasteiger charge is -2.10. The fourth-order valence-corrected chi connectivity index (χ4v) is 2.65. The van der Waals surface area contributed by atoms with Crippen LogP contribution in [-0.2, 0) is 17.4 Å². The number of hydrogen-bond donors (Lipinski definition) is 1. The fraction of sp³-hybridized carbons (Fsp3) is 0.250. The number of amides is 1. The van der Waals surface area contributed by atoms with Gasteiger partial charge in [0, 0.05) is 34.8 Å². The molecule has 1 aromatic carbocycles. The van der Waals surface area contributed by atoms with Gasteiger partial charge in [0.25, 0.3) is 17.3 Å². The monoisotopic (exact) mass is 394 g/mol. The molecule has 0 atom stereocenters. The largest absolute Gasteiger partial charge is 0.453 e. The van der Waals surface area contributed by atoms with Crippen molar-refractivity contribution in [2.24, 2.45) is 0 Å². The van der Waals surface area contributed by atoms with Crippen molar-refractivity contribution < 1.29 is 22.9 Å². The average Bonchev–Trinajstić information content (AvgIpc) is 3.03. The van der Waals surface area contributed by atoms with Crippen molar-refractivity contribution in [2.45, 2.75) is 26.4 Å². The minimum absolute atomic E-state index is 0.185. The Morgan fingerprint density at radius 3 is 2.64 bits per heavy atom. The maximum Gasteiger partial charge on any atom is 0.453 e. The van der Waals surface area contributed by atoms with E-state index in [1.165, 1.54) is 31.2 Å². The summed E-state index contributed by atoms with van der Waals surface area (Å²) in [4.78, 5) is 29.9. The predicted molar refractivity (Wildman–Crippen MR) is 90.7 cm³/mol. The first kappa shape index (κ1) is 19.2. The number of aryl methyl sites for hydroxylation is 2. The van der Waals surface area contributed by atoms with Crippen molar-refractivity contribution in [3.05, 3.63) is 57.2 Å². The molecule has 0 aliphatic carbocycles. The van der Waals surface area contributed by atoms with E-state index in [-0.39, 0.29) is 23.6 Å². The second-order valence-corrected chi connectivity index (χ2v) is 5.94. The van der Waals surface area contributed by atoms with Crippen molar-refractivity contribution >= 4 is 23.1 Å². The first-order valence-corrected chi connectivity index (χ1v) is 7.90. The van der Waals surface area contributed by atoms with Gasteiger partial charge in [-0.25, -0.2) is 9.50 Å². The number of carbonyl (C=O) groups is 1.